The standard InChI is InChI=1S/C14H20FNS2/c1-17-9-3-2-8-16-13-7-10-18-14-11(13)5-4-6-12(14)15/h4-6,13,16H,2-3,7-10H2,1H3. The number of thioether (sulfide) groups is 2. The lowest BCUT2D eigenvalue weighted by Crippen LogP contribution is -2.26. The average molecular weight is 285 g/mol. The molecule has 1 N–H and O–H groups in total. The third-order valence-electron chi connectivity index (χ3n) is 3.19. The molecule has 1 nitrogen and oxygen atoms in total. The van der Waals surface area contributed by atoms with Crippen molar-refractivity contribution < 1.29 is 4.39 Å². The maximum atomic E-state index is 13.7. The van der Waals surface area contributed by atoms with Crippen molar-refractivity contribution in [1.29, 1.82) is 0 Å². The highest BCUT2D eigenvalue weighted by Crippen LogP contribution is 2.37. The summed E-state index contributed by atoms with van der Waals surface area (Å²) in [5, 5.41) is 3.57. The van der Waals surface area contributed by atoms with Crippen LogP contribution >= 0.6 is 23.5 Å². The van der Waals surface area contributed by atoms with E-state index in [1.807, 2.05) is 17.8 Å². The van der Waals surface area contributed by atoms with Crippen molar-refractivity contribution in [3.63, 3.8) is 0 Å². The van der Waals surface area contributed by atoms with Crippen molar-refractivity contribution in [2.75, 3.05) is 24.3 Å². The summed E-state index contributed by atoms with van der Waals surface area (Å²) in [6.07, 6.45) is 5.70. The number of hydrogen-bond acceptors (Lipinski definition) is 3. The molecule has 0 spiro atoms. The summed E-state index contributed by atoms with van der Waals surface area (Å²) in [7, 11) is 0. The Bertz CT molecular complexity index is 384. The molecule has 1 aromatic carbocycles. The Morgan fingerprint density at radius 2 is 2.33 bits per heavy atom. The lowest BCUT2D eigenvalue weighted by molar-refractivity contribution is 0.489. The van der Waals surface area contributed by atoms with Gasteiger partial charge in [0.15, 0.2) is 0 Å². The molecule has 0 aromatic heterocycles. The van der Waals surface area contributed by atoms with Gasteiger partial charge in [0.1, 0.15) is 5.82 Å². The van der Waals surface area contributed by atoms with Crippen LogP contribution in [-0.4, -0.2) is 24.3 Å². The molecule has 2 rings (SSSR count). The third kappa shape index (κ3) is 3.65. The number of hydrogen-bond donors (Lipinski definition) is 1. The molecule has 1 atom stereocenters. The Balaban J connectivity index is 1.90. The van der Waals surface area contributed by atoms with Crippen molar-refractivity contribution in [1.82, 2.24) is 5.32 Å². The Labute approximate surface area is 117 Å². The first-order valence-corrected chi connectivity index (χ1v) is 8.84. The van der Waals surface area contributed by atoms with Gasteiger partial charge in [0.2, 0.25) is 0 Å². The summed E-state index contributed by atoms with van der Waals surface area (Å²) in [5.74, 6) is 2.18. The van der Waals surface area contributed by atoms with E-state index in [9.17, 15) is 4.39 Å². The first kappa shape index (κ1) is 14.2. The Hall–Kier alpha value is -0.190. The third-order valence-corrected chi connectivity index (χ3v) is 5.05. The van der Waals surface area contributed by atoms with Crippen molar-refractivity contribution >= 4 is 23.5 Å². The zero-order valence-electron chi connectivity index (χ0n) is 10.7. The molecule has 100 valence electrons. The molecule has 4 heteroatoms. The highest BCUT2D eigenvalue weighted by atomic mass is 32.2. The second kappa shape index (κ2) is 7.41. The second-order valence-electron chi connectivity index (χ2n) is 4.50. The molecule has 1 aliphatic heterocycles. The summed E-state index contributed by atoms with van der Waals surface area (Å²) in [6.45, 7) is 1.03. The number of rotatable bonds is 6. The predicted molar refractivity (Wildman–Crippen MR) is 80.1 cm³/mol. The summed E-state index contributed by atoms with van der Waals surface area (Å²) >= 11 is 3.55. The van der Waals surface area contributed by atoms with Crippen molar-refractivity contribution in [3.8, 4) is 0 Å². The van der Waals surface area contributed by atoms with E-state index in [2.05, 4.69) is 17.6 Å². The van der Waals surface area contributed by atoms with E-state index in [1.165, 1.54) is 18.6 Å². The Morgan fingerprint density at radius 1 is 1.44 bits per heavy atom. The van der Waals surface area contributed by atoms with Gasteiger partial charge >= 0.3 is 0 Å². The number of fused-ring (bicyclic) bond motifs is 1. The van der Waals surface area contributed by atoms with Crippen LogP contribution in [0, 0.1) is 5.82 Å². The Morgan fingerprint density at radius 3 is 3.17 bits per heavy atom. The van der Waals surface area contributed by atoms with E-state index in [-0.39, 0.29) is 5.82 Å². The summed E-state index contributed by atoms with van der Waals surface area (Å²) in [4.78, 5) is 0.852. The number of unbranched alkanes of at least 4 members (excludes halogenated alkanes) is 1. The zero-order chi connectivity index (χ0) is 12.8. The lowest BCUT2D eigenvalue weighted by atomic mass is 10.0. The van der Waals surface area contributed by atoms with Crippen LogP contribution < -0.4 is 5.32 Å². The van der Waals surface area contributed by atoms with Gasteiger partial charge in [-0.3, -0.25) is 0 Å². The van der Waals surface area contributed by atoms with Gasteiger partial charge in [0.05, 0.1) is 0 Å². The second-order valence-corrected chi connectivity index (χ2v) is 6.59. The largest absolute Gasteiger partial charge is 0.310 e. The normalized spacial score (nSPS) is 18.7. The molecule has 1 heterocycles. The van der Waals surface area contributed by atoms with Gasteiger partial charge in [0.25, 0.3) is 0 Å². The van der Waals surface area contributed by atoms with Gasteiger partial charge in [-0.15, -0.1) is 11.8 Å². The van der Waals surface area contributed by atoms with Gasteiger partial charge in [0, 0.05) is 10.9 Å². The van der Waals surface area contributed by atoms with E-state index in [1.54, 1.807) is 17.8 Å². The molecular formula is C14H20FNS2. The van der Waals surface area contributed by atoms with E-state index >= 15 is 0 Å². The van der Waals surface area contributed by atoms with Crippen LogP contribution in [0.4, 0.5) is 4.39 Å². The van der Waals surface area contributed by atoms with Crippen molar-refractivity contribution in [2.45, 2.75) is 30.2 Å². The maximum Gasteiger partial charge on any atom is 0.137 e. The van der Waals surface area contributed by atoms with Gasteiger partial charge in [-0.05, 0) is 55.2 Å². The fourth-order valence-corrected chi connectivity index (χ4v) is 3.88. The average Bonchev–Trinajstić information content (AvgIpc) is 2.39. The van der Waals surface area contributed by atoms with Crippen LogP contribution in [0.25, 0.3) is 0 Å². The Kier molecular flexibility index (Phi) is 5.86. The molecule has 0 fully saturated rings. The van der Waals surface area contributed by atoms with Gasteiger partial charge in [-0.1, -0.05) is 12.1 Å². The summed E-state index contributed by atoms with van der Waals surface area (Å²) < 4.78 is 13.7. The fourth-order valence-electron chi connectivity index (χ4n) is 2.25. The van der Waals surface area contributed by atoms with E-state index in [0.29, 0.717) is 6.04 Å². The van der Waals surface area contributed by atoms with Gasteiger partial charge in [-0.2, -0.15) is 11.8 Å². The van der Waals surface area contributed by atoms with Crippen LogP contribution in [0.5, 0.6) is 0 Å². The number of nitrogens with one attached hydrogen (secondary N) is 1. The van der Waals surface area contributed by atoms with Crippen LogP contribution in [-0.2, 0) is 0 Å². The molecular weight excluding hydrogens is 265 g/mol. The van der Waals surface area contributed by atoms with Gasteiger partial charge in [-0.25, -0.2) is 4.39 Å². The lowest BCUT2D eigenvalue weighted by Gasteiger charge is -2.26. The molecule has 0 bridgehead atoms. The van der Waals surface area contributed by atoms with Crippen molar-refractivity contribution in [3.05, 3.63) is 29.6 Å². The molecule has 1 unspecified atom stereocenters. The molecule has 0 radical (unpaired) electrons. The van der Waals surface area contributed by atoms with Crippen LogP contribution in [0.15, 0.2) is 23.1 Å². The minimum atomic E-state index is -0.0635. The van der Waals surface area contributed by atoms with E-state index < -0.39 is 0 Å². The molecule has 0 aliphatic carbocycles. The van der Waals surface area contributed by atoms with Crippen molar-refractivity contribution in [2.24, 2.45) is 0 Å². The molecule has 18 heavy (non-hydrogen) atoms. The fraction of sp³-hybridized carbons (Fsp3) is 0.571. The van der Waals surface area contributed by atoms with Crippen LogP contribution in [0.2, 0.25) is 0 Å². The van der Waals surface area contributed by atoms with E-state index in [0.717, 1.165) is 29.2 Å². The zero-order valence-corrected chi connectivity index (χ0v) is 12.4. The monoisotopic (exact) mass is 285 g/mol. The smallest absolute Gasteiger partial charge is 0.137 e. The number of halogens is 1. The summed E-state index contributed by atoms with van der Waals surface area (Å²) in [6, 6.07) is 5.78. The molecule has 1 aliphatic rings. The minimum Gasteiger partial charge on any atom is -0.310 e. The molecule has 0 amide bonds. The first-order chi connectivity index (χ1) is 8.83. The topological polar surface area (TPSA) is 12.0 Å². The maximum absolute atomic E-state index is 13.7. The number of benzene rings is 1. The molecule has 0 saturated heterocycles. The highest BCUT2D eigenvalue weighted by molar-refractivity contribution is 7.99. The predicted octanol–water partition coefficient (Wildman–Crippen LogP) is 4.10. The molecule has 1 aromatic rings. The quantitative estimate of drug-likeness (QED) is 0.791. The van der Waals surface area contributed by atoms with E-state index in [4.69, 9.17) is 0 Å². The van der Waals surface area contributed by atoms with Crippen LogP contribution in [0.1, 0.15) is 30.9 Å². The first-order valence-electron chi connectivity index (χ1n) is 6.46. The SMILES string of the molecule is CSCCCCNC1CCSc2c(F)cccc21. The summed E-state index contributed by atoms with van der Waals surface area (Å²) in [5.41, 5.74) is 1.15. The molecule has 0 saturated carbocycles. The van der Waals surface area contributed by atoms with Crippen LogP contribution in [0.3, 0.4) is 0 Å². The highest BCUT2D eigenvalue weighted by Gasteiger charge is 2.22. The van der Waals surface area contributed by atoms with Gasteiger partial charge < -0.3 is 5.32 Å². The minimum absolute atomic E-state index is 0.0635.